The average Bonchev–Trinajstić information content (AvgIpc) is 2.48. The summed E-state index contributed by atoms with van der Waals surface area (Å²) in [5.41, 5.74) is 0. The van der Waals surface area contributed by atoms with E-state index in [1.54, 1.807) is 9.80 Å². The number of hydrogen-bond acceptors (Lipinski definition) is 1. The number of rotatable bonds is 2. The van der Waals surface area contributed by atoms with Crippen LogP contribution in [-0.2, 0) is 6.54 Å². The first kappa shape index (κ1) is 11.6. The molecule has 2 atom stereocenters. The van der Waals surface area contributed by atoms with Crippen LogP contribution >= 0.6 is 27.3 Å². The molecule has 1 aliphatic rings. The van der Waals surface area contributed by atoms with Crippen LogP contribution in [0.25, 0.3) is 0 Å². The summed E-state index contributed by atoms with van der Waals surface area (Å²) in [6.45, 7) is 6.54. The highest BCUT2D eigenvalue weighted by Crippen LogP contribution is 2.21. The van der Waals surface area contributed by atoms with Gasteiger partial charge in [0.2, 0.25) is 0 Å². The van der Waals surface area contributed by atoms with Crippen molar-refractivity contribution in [3.63, 3.8) is 0 Å². The Morgan fingerprint density at radius 1 is 1.27 bits per heavy atom. The van der Waals surface area contributed by atoms with Gasteiger partial charge in [0.1, 0.15) is 19.6 Å². The second-order valence-corrected chi connectivity index (χ2v) is 6.99. The van der Waals surface area contributed by atoms with Crippen LogP contribution < -0.4 is 9.80 Å². The SMILES string of the molecule is C[NH+]1CCC[NH+](Cc2ccc(Br)s2)CC1. The predicted molar refractivity (Wildman–Crippen MR) is 67.7 cm³/mol. The number of thiophene rings is 1. The number of quaternary nitrogens is 2. The molecule has 4 heteroatoms. The van der Waals surface area contributed by atoms with Crippen molar-refractivity contribution in [3.8, 4) is 0 Å². The summed E-state index contributed by atoms with van der Waals surface area (Å²) in [7, 11) is 2.31. The normalized spacial score (nSPS) is 27.6. The topological polar surface area (TPSA) is 8.88 Å². The van der Waals surface area contributed by atoms with E-state index in [-0.39, 0.29) is 0 Å². The lowest BCUT2D eigenvalue weighted by Gasteiger charge is -2.14. The molecule has 0 amide bonds. The molecule has 2 N–H and O–H groups in total. The number of likely N-dealkylation sites (N-methyl/N-ethyl adjacent to an activating group) is 1. The maximum atomic E-state index is 3.53. The molecule has 1 saturated heterocycles. The van der Waals surface area contributed by atoms with E-state index < -0.39 is 0 Å². The second-order valence-electron chi connectivity index (χ2n) is 4.44. The predicted octanol–water partition coefficient (Wildman–Crippen LogP) is -0.186. The molecule has 84 valence electrons. The Morgan fingerprint density at radius 2 is 2.13 bits per heavy atom. The molecule has 2 rings (SSSR count). The number of hydrogen-bond donors (Lipinski definition) is 2. The molecular weight excluding hydrogens is 272 g/mol. The smallest absolute Gasteiger partial charge is 0.127 e. The van der Waals surface area contributed by atoms with Gasteiger partial charge in [-0.3, -0.25) is 0 Å². The summed E-state index contributed by atoms with van der Waals surface area (Å²) in [5, 5.41) is 0. The Bertz CT molecular complexity index is 313. The molecule has 0 aromatic carbocycles. The van der Waals surface area contributed by atoms with Gasteiger partial charge in [-0.1, -0.05) is 0 Å². The monoisotopic (exact) mass is 290 g/mol. The van der Waals surface area contributed by atoms with Gasteiger partial charge in [0, 0.05) is 6.42 Å². The number of nitrogens with one attached hydrogen (secondary N) is 2. The van der Waals surface area contributed by atoms with E-state index in [0.717, 1.165) is 0 Å². The molecular formula is C11H19BrN2S+2. The first-order valence-electron chi connectivity index (χ1n) is 5.63. The van der Waals surface area contributed by atoms with Gasteiger partial charge in [-0.25, -0.2) is 0 Å². The molecule has 1 fully saturated rings. The van der Waals surface area contributed by atoms with Crippen LogP contribution in [0.3, 0.4) is 0 Å². The minimum Gasteiger partial charge on any atom is -0.333 e. The summed E-state index contributed by atoms with van der Waals surface area (Å²) in [6, 6.07) is 4.41. The standard InChI is InChI=1S/C11H17BrN2S/c1-13-5-2-6-14(8-7-13)9-10-3-4-11(12)15-10/h3-4H,2,5-9H2,1H3/p+2. The third-order valence-corrected chi connectivity index (χ3v) is 4.72. The zero-order valence-electron chi connectivity index (χ0n) is 9.18. The van der Waals surface area contributed by atoms with E-state index in [0.29, 0.717) is 0 Å². The fourth-order valence-electron chi connectivity index (χ4n) is 2.15. The molecule has 0 spiro atoms. The Morgan fingerprint density at radius 3 is 2.87 bits per heavy atom. The van der Waals surface area contributed by atoms with Gasteiger partial charge in [0.15, 0.2) is 0 Å². The van der Waals surface area contributed by atoms with E-state index in [1.807, 2.05) is 11.3 Å². The van der Waals surface area contributed by atoms with Crippen molar-refractivity contribution < 1.29 is 9.80 Å². The highest BCUT2D eigenvalue weighted by molar-refractivity contribution is 9.11. The van der Waals surface area contributed by atoms with Crippen molar-refractivity contribution in [1.82, 2.24) is 0 Å². The van der Waals surface area contributed by atoms with Gasteiger partial charge in [0.25, 0.3) is 0 Å². The molecule has 2 nitrogen and oxygen atoms in total. The van der Waals surface area contributed by atoms with Gasteiger partial charge >= 0.3 is 0 Å². The quantitative estimate of drug-likeness (QED) is 0.748. The zero-order chi connectivity index (χ0) is 10.7. The highest BCUT2D eigenvalue weighted by Gasteiger charge is 2.17. The highest BCUT2D eigenvalue weighted by atomic mass is 79.9. The van der Waals surface area contributed by atoms with Crippen molar-refractivity contribution in [2.24, 2.45) is 0 Å². The Labute approximate surface area is 104 Å². The van der Waals surface area contributed by atoms with Gasteiger partial charge in [-0.2, -0.15) is 0 Å². The van der Waals surface area contributed by atoms with E-state index in [4.69, 9.17) is 0 Å². The second kappa shape index (κ2) is 5.43. The van der Waals surface area contributed by atoms with Crippen LogP contribution in [0.2, 0.25) is 0 Å². The van der Waals surface area contributed by atoms with Crippen LogP contribution in [0.4, 0.5) is 0 Å². The average molecular weight is 291 g/mol. The van der Waals surface area contributed by atoms with Gasteiger partial charge in [0.05, 0.1) is 28.8 Å². The molecule has 0 radical (unpaired) electrons. The van der Waals surface area contributed by atoms with Crippen molar-refractivity contribution >= 4 is 27.3 Å². The van der Waals surface area contributed by atoms with Gasteiger partial charge in [-0.05, 0) is 28.1 Å². The fraction of sp³-hybridized carbons (Fsp3) is 0.636. The summed E-state index contributed by atoms with van der Waals surface area (Å²) in [6.07, 6.45) is 1.37. The molecule has 2 heterocycles. The van der Waals surface area contributed by atoms with Crippen molar-refractivity contribution in [2.75, 3.05) is 33.2 Å². The number of halogens is 1. The molecule has 0 aliphatic carbocycles. The van der Waals surface area contributed by atoms with Gasteiger partial charge in [-0.15, -0.1) is 11.3 Å². The lowest BCUT2D eigenvalue weighted by Crippen LogP contribution is -3.15. The summed E-state index contributed by atoms with van der Waals surface area (Å²) < 4.78 is 1.26. The van der Waals surface area contributed by atoms with E-state index in [2.05, 4.69) is 35.1 Å². The van der Waals surface area contributed by atoms with Crippen molar-refractivity contribution in [3.05, 3.63) is 20.8 Å². The first-order valence-corrected chi connectivity index (χ1v) is 7.24. The Kier molecular flexibility index (Phi) is 4.20. The van der Waals surface area contributed by atoms with Crippen LogP contribution in [0, 0.1) is 0 Å². The van der Waals surface area contributed by atoms with Crippen molar-refractivity contribution in [2.45, 2.75) is 13.0 Å². The lowest BCUT2D eigenvalue weighted by atomic mass is 10.3. The third kappa shape index (κ3) is 3.55. The largest absolute Gasteiger partial charge is 0.333 e. The molecule has 2 unspecified atom stereocenters. The van der Waals surface area contributed by atoms with E-state index in [1.165, 1.54) is 47.8 Å². The van der Waals surface area contributed by atoms with E-state index in [9.17, 15) is 0 Å². The van der Waals surface area contributed by atoms with Crippen LogP contribution in [-0.4, -0.2) is 33.2 Å². The molecule has 0 saturated carbocycles. The Balaban J connectivity index is 1.88. The van der Waals surface area contributed by atoms with Crippen molar-refractivity contribution in [1.29, 1.82) is 0 Å². The molecule has 1 aromatic rings. The summed E-state index contributed by atoms with van der Waals surface area (Å²) in [5.74, 6) is 0. The lowest BCUT2D eigenvalue weighted by molar-refractivity contribution is -0.938. The van der Waals surface area contributed by atoms with Crippen LogP contribution in [0.15, 0.2) is 15.9 Å². The van der Waals surface area contributed by atoms with E-state index >= 15 is 0 Å². The summed E-state index contributed by atoms with van der Waals surface area (Å²) in [4.78, 5) is 4.95. The van der Waals surface area contributed by atoms with Crippen LogP contribution in [0.1, 0.15) is 11.3 Å². The molecule has 15 heavy (non-hydrogen) atoms. The maximum Gasteiger partial charge on any atom is 0.127 e. The van der Waals surface area contributed by atoms with Gasteiger partial charge < -0.3 is 9.80 Å². The zero-order valence-corrected chi connectivity index (χ0v) is 11.6. The fourth-order valence-corrected chi connectivity index (χ4v) is 3.71. The minimum atomic E-state index is 1.21. The molecule has 0 bridgehead atoms. The molecule has 1 aliphatic heterocycles. The third-order valence-electron chi connectivity index (χ3n) is 3.09. The maximum absolute atomic E-state index is 3.53. The first-order chi connectivity index (χ1) is 7.24. The summed E-state index contributed by atoms with van der Waals surface area (Å²) >= 11 is 5.41. The molecule has 1 aromatic heterocycles. The Hall–Kier alpha value is 0.1000. The van der Waals surface area contributed by atoms with Crippen LogP contribution in [0.5, 0.6) is 0 Å². The minimum absolute atomic E-state index is 1.21.